The largest absolute Gasteiger partial charge is 0.365 e. The molecule has 1 heterocycles. The average Bonchev–Trinajstić information content (AvgIpc) is 3.11. The van der Waals surface area contributed by atoms with Gasteiger partial charge in [0.2, 0.25) is 0 Å². The van der Waals surface area contributed by atoms with Crippen LogP contribution in [-0.4, -0.2) is 22.5 Å². The van der Waals surface area contributed by atoms with E-state index in [1.54, 1.807) is 0 Å². The van der Waals surface area contributed by atoms with E-state index in [1.807, 2.05) is 0 Å². The molecule has 0 saturated heterocycles. The molecule has 6 nitrogen and oxygen atoms in total. The molecule has 1 aromatic heterocycles. The number of nitro groups is 1. The molecule has 1 atom stereocenters. The van der Waals surface area contributed by atoms with Crippen molar-refractivity contribution in [3.8, 4) is 0 Å². The standard InChI is InChI=1S/C10H13ClN4O2/c11-8-3-7(15(16)17)5-13-10(8)14-9(4-12)6-1-2-6/h3,5-6,9H,1-2,4,12H2,(H,13,14). The molecule has 1 aliphatic rings. The Morgan fingerprint density at radius 3 is 2.88 bits per heavy atom. The van der Waals surface area contributed by atoms with Crippen molar-refractivity contribution in [2.24, 2.45) is 11.7 Å². The lowest BCUT2D eigenvalue weighted by atomic mass is 10.2. The van der Waals surface area contributed by atoms with Crippen LogP contribution in [0.15, 0.2) is 12.3 Å². The molecule has 0 aliphatic heterocycles. The van der Waals surface area contributed by atoms with Gasteiger partial charge in [0.05, 0.1) is 9.95 Å². The predicted molar refractivity (Wildman–Crippen MR) is 65.1 cm³/mol. The molecule has 92 valence electrons. The number of nitrogens with two attached hydrogens (primary N) is 1. The van der Waals surface area contributed by atoms with Crippen molar-refractivity contribution >= 4 is 23.1 Å². The van der Waals surface area contributed by atoms with Crippen molar-refractivity contribution in [2.75, 3.05) is 11.9 Å². The number of rotatable bonds is 5. The number of nitrogens with zero attached hydrogens (tertiary/aromatic N) is 2. The maximum absolute atomic E-state index is 10.5. The monoisotopic (exact) mass is 256 g/mol. The Morgan fingerprint density at radius 2 is 2.41 bits per heavy atom. The maximum atomic E-state index is 10.5. The minimum absolute atomic E-state index is 0.115. The predicted octanol–water partition coefficient (Wildman–Crippen LogP) is 1.79. The Kier molecular flexibility index (Phi) is 3.44. The number of halogens is 1. The number of anilines is 1. The summed E-state index contributed by atoms with van der Waals surface area (Å²) in [6.45, 7) is 0.500. The van der Waals surface area contributed by atoms with Gasteiger partial charge >= 0.3 is 0 Å². The molecule has 2 rings (SSSR count). The van der Waals surface area contributed by atoms with Gasteiger partial charge in [-0.25, -0.2) is 4.98 Å². The first-order valence-electron chi connectivity index (χ1n) is 5.38. The lowest BCUT2D eigenvalue weighted by Gasteiger charge is -2.17. The van der Waals surface area contributed by atoms with E-state index in [1.165, 1.54) is 12.3 Å². The number of nitrogens with one attached hydrogen (secondary N) is 1. The second-order valence-corrected chi connectivity index (χ2v) is 4.51. The fraction of sp³-hybridized carbons (Fsp3) is 0.500. The lowest BCUT2D eigenvalue weighted by Crippen LogP contribution is -2.31. The van der Waals surface area contributed by atoms with Crippen LogP contribution in [0.2, 0.25) is 5.02 Å². The first-order chi connectivity index (χ1) is 8.11. The summed E-state index contributed by atoms with van der Waals surface area (Å²) in [7, 11) is 0. The lowest BCUT2D eigenvalue weighted by molar-refractivity contribution is -0.385. The summed E-state index contributed by atoms with van der Waals surface area (Å²) < 4.78 is 0. The van der Waals surface area contributed by atoms with Gasteiger partial charge in [0.25, 0.3) is 5.69 Å². The molecule has 3 N–H and O–H groups in total. The fourth-order valence-corrected chi connectivity index (χ4v) is 1.89. The average molecular weight is 257 g/mol. The highest BCUT2D eigenvalue weighted by Crippen LogP contribution is 2.34. The second-order valence-electron chi connectivity index (χ2n) is 4.11. The van der Waals surface area contributed by atoms with Gasteiger partial charge in [-0.2, -0.15) is 0 Å². The van der Waals surface area contributed by atoms with E-state index in [9.17, 15) is 10.1 Å². The van der Waals surface area contributed by atoms with Crippen LogP contribution >= 0.6 is 11.6 Å². The molecule has 0 bridgehead atoms. The van der Waals surface area contributed by atoms with Gasteiger partial charge in [-0.3, -0.25) is 10.1 Å². The number of pyridine rings is 1. The van der Waals surface area contributed by atoms with Crippen molar-refractivity contribution in [3.63, 3.8) is 0 Å². The Labute approximate surface area is 103 Å². The number of hydrogen-bond donors (Lipinski definition) is 2. The van der Waals surface area contributed by atoms with Gasteiger partial charge in [0.15, 0.2) is 0 Å². The molecular weight excluding hydrogens is 244 g/mol. The van der Waals surface area contributed by atoms with E-state index in [0.717, 1.165) is 12.8 Å². The van der Waals surface area contributed by atoms with Crippen LogP contribution in [-0.2, 0) is 0 Å². The van der Waals surface area contributed by atoms with Gasteiger partial charge in [-0.1, -0.05) is 11.6 Å². The van der Waals surface area contributed by atoms with E-state index in [-0.39, 0.29) is 16.8 Å². The molecular formula is C10H13ClN4O2. The molecule has 0 aromatic carbocycles. The summed E-state index contributed by atoms with van der Waals surface area (Å²) in [5.74, 6) is 1.02. The number of aromatic nitrogens is 1. The van der Waals surface area contributed by atoms with Gasteiger partial charge in [0.1, 0.15) is 12.0 Å². The maximum Gasteiger partial charge on any atom is 0.289 e. The van der Waals surface area contributed by atoms with Crippen LogP contribution in [0.4, 0.5) is 11.5 Å². The van der Waals surface area contributed by atoms with Gasteiger partial charge in [-0.05, 0) is 18.8 Å². The first kappa shape index (κ1) is 12.1. The minimum Gasteiger partial charge on any atom is -0.365 e. The van der Waals surface area contributed by atoms with Gasteiger partial charge < -0.3 is 11.1 Å². The molecule has 0 radical (unpaired) electrons. The minimum atomic E-state index is -0.524. The Bertz CT molecular complexity index is 436. The van der Waals surface area contributed by atoms with Crippen LogP contribution in [0.1, 0.15) is 12.8 Å². The van der Waals surface area contributed by atoms with E-state index in [0.29, 0.717) is 18.3 Å². The van der Waals surface area contributed by atoms with E-state index in [2.05, 4.69) is 10.3 Å². The Morgan fingerprint density at radius 1 is 1.71 bits per heavy atom. The highest BCUT2D eigenvalue weighted by atomic mass is 35.5. The zero-order chi connectivity index (χ0) is 12.4. The van der Waals surface area contributed by atoms with E-state index < -0.39 is 4.92 Å². The molecule has 1 unspecified atom stereocenters. The summed E-state index contributed by atoms with van der Waals surface area (Å²) in [4.78, 5) is 14.0. The molecule has 0 amide bonds. The van der Waals surface area contributed by atoms with E-state index in [4.69, 9.17) is 17.3 Å². The third-order valence-electron chi connectivity index (χ3n) is 2.80. The molecule has 1 aromatic rings. The van der Waals surface area contributed by atoms with Gasteiger partial charge in [-0.15, -0.1) is 0 Å². The Hall–Kier alpha value is -1.40. The van der Waals surface area contributed by atoms with Crippen molar-refractivity contribution in [1.82, 2.24) is 4.98 Å². The van der Waals surface area contributed by atoms with Gasteiger partial charge in [0, 0.05) is 18.7 Å². The molecule has 7 heteroatoms. The molecule has 1 fully saturated rings. The third-order valence-corrected chi connectivity index (χ3v) is 3.09. The van der Waals surface area contributed by atoms with Crippen molar-refractivity contribution < 1.29 is 4.92 Å². The SMILES string of the molecule is NCC(Nc1ncc([N+](=O)[O-])cc1Cl)C1CC1. The zero-order valence-corrected chi connectivity index (χ0v) is 9.85. The normalized spacial score (nSPS) is 16.6. The smallest absolute Gasteiger partial charge is 0.289 e. The van der Waals surface area contributed by atoms with Crippen LogP contribution in [0.25, 0.3) is 0 Å². The van der Waals surface area contributed by atoms with Crippen LogP contribution < -0.4 is 11.1 Å². The summed E-state index contributed by atoms with van der Waals surface area (Å²) in [5, 5.41) is 13.9. The number of hydrogen-bond acceptors (Lipinski definition) is 5. The van der Waals surface area contributed by atoms with Crippen molar-refractivity contribution in [3.05, 3.63) is 27.4 Å². The summed E-state index contributed by atoms with van der Waals surface area (Å²) in [6.07, 6.45) is 3.49. The first-order valence-corrected chi connectivity index (χ1v) is 5.76. The molecule has 0 spiro atoms. The van der Waals surface area contributed by atoms with Crippen LogP contribution in [0, 0.1) is 16.0 Å². The topological polar surface area (TPSA) is 94.1 Å². The van der Waals surface area contributed by atoms with Crippen molar-refractivity contribution in [2.45, 2.75) is 18.9 Å². The fourth-order valence-electron chi connectivity index (χ4n) is 1.68. The highest BCUT2D eigenvalue weighted by Gasteiger charge is 2.30. The quantitative estimate of drug-likeness (QED) is 0.619. The molecule has 1 saturated carbocycles. The van der Waals surface area contributed by atoms with Crippen molar-refractivity contribution in [1.29, 1.82) is 0 Å². The zero-order valence-electron chi connectivity index (χ0n) is 9.10. The molecule has 1 aliphatic carbocycles. The van der Waals surface area contributed by atoms with E-state index >= 15 is 0 Å². The summed E-state index contributed by atoms with van der Waals surface area (Å²) in [5.41, 5.74) is 5.53. The molecule has 17 heavy (non-hydrogen) atoms. The summed E-state index contributed by atoms with van der Waals surface area (Å²) >= 11 is 5.93. The highest BCUT2D eigenvalue weighted by molar-refractivity contribution is 6.33. The third kappa shape index (κ3) is 2.83. The van der Waals surface area contributed by atoms with Crippen LogP contribution in [0.5, 0.6) is 0 Å². The summed E-state index contributed by atoms with van der Waals surface area (Å²) in [6, 6.07) is 1.43. The van der Waals surface area contributed by atoms with Crippen LogP contribution in [0.3, 0.4) is 0 Å². The Balaban J connectivity index is 2.12. The second kappa shape index (κ2) is 4.85.